The van der Waals surface area contributed by atoms with Crippen LogP contribution in [0.3, 0.4) is 0 Å². The minimum absolute atomic E-state index is 0. The number of nitrogens with zero attached hydrogens (tertiary/aromatic N) is 2. The van der Waals surface area contributed by atoms with E-state index < -0.39 is 0 Å². The van der Waals surface area contributed by atoms with E-state index in [4.69, 9.17) is 10.5 Å². The van der Waals surface area contributed by atoms with Gasteiger partial charge in [0.15, 0.2) is 0 Å². The number of hydrogen-bond acceptors (Lipinski definition) is 5. The molecule has 0 bridgehead atoms. The van der Waals surface area contributed by atoms with Crippen LogP contribution in [0, 0.1) is 0 Å². The third-order valence-corrected chi connectivity index (χ3v) is 4.09. The van der Waals surface area contributed by atoms with Gasteiger partial charge in [0.05, 0.1) is 18.5 Å². The second kappa shape index (κ2) is 8.64. The summed E-state index contributed by atoms with van der Waals surface area (Å²) in [6.45, 7) is 0.952. The Hall–Kier alpha value is -2.64. The van der Waals surface area contributed by atoms with Crippen LogP contribution in [0.15, 0.2) is 36.5 Å². The molecule has 138 valence electrons. The van der Waals surface area contributed by atoms with Gasteiger partial charge in [0.1, 0.15) is 5.75 Å². The van der Waals surface area contributed by atoms with E-state index in [2.05, 4.69) is 10.3 Å². The zero-order valence-corrected chi connectivity index (χ0v) is 15.2. The number of methoxy groups -OCH3 is 1. The number of hydrogen-bond donors (Lipinski definition) is 2. The molecule has 0 spiro atoms. The lowest BCUT2D eigenvalue weighted by atomic mass is 10.2. The first kappa shape index (κ1) is 19.7. The minimum Gasteiger partial charge on any atom is -0.494 e. The molecule has 2 heterocycles. The molecule has 26 heavy (non-hydrogen) atoms. The highest BCUT2D eigenvalue weighted by molar-refractivity contribution is 6.05. The Balaban J connectivity index is 0.00000243. The van der Waals surface area contributed by atoms with Gasteiger partial charge in [-0.2, -0.15) is 0 Å². The van der Waals surface area contributed by atoms with Crippen molar-refractivity contribution in [3.63, 3.8) is 0 Å². The van der Waals surface area contributed by atoms with E-state index >= 15 is 0 Å². The number of nitrogens with one attached hydrogen (secondary N) is 1. The van der Waals surface area contributed by atoms with Crippen molar-refractivity contribution in [3.05, 3.63) is 47.8 Å². The molecular formula is C18H21ClN4O3. The lowest BCUT2D eigenvalue weighted by Gasteiger charge is -2.19. The Bertz CT molecular complexity index is 813. The molecule has 0 saturated carbocycles. The number of benzene rings is 1. The summed E-state index contributed by atoms with van der Waals surface area (Å²) in [6.07, 6.45) is 2.94. The summed E-state index contributed by atoms with van der Waals surface area (Å²) in [5, 5.41) is 2.82. The molecule has 0 radical (unpaired) electrons. The van der Waals surface area contributed by atoms with Crippen LogP contribution in [0.1, 0.15) is 28.9 Å². The van der Waals surface area contributed by atoms with Crippen LogP contribution in [0.2, 0.25) is 0 Å². The first-order chi connectivity index (χ1) is 12.1. The van der Waals surface area contributed by atoms with Crippen LogP contribution in [0.5, 0.6) is 5.75 Å². The number of ether oxygens (including phenoxy) is 1. The average Bonchev–Trinajstić information content (AvgIpc) is 3.07. The van der Waals surface area contributed by atoms with E-state index in [1.54, 1.807) is 48.5 Å². The second-order valence-electron chi connectivity index (χ2n) is 5.73. The second-order valence-corrected chi connectivity index (χ2v) is 5.73. The number of rotatable bonds is 5. The van der Waals surface area contributed by atoms with Crippen LogP contribution in [-0.2, 0) is 11.3 Å². The van der Waals surface area contributed by atoms with Crippen molar-refractivity contribution in [1.29, 1.82) is 0 Å². The van der Waals surface area contributed by atoms with Gasteiger partial charge in [0.25, 0.3) is 5.91 Å². The van der Waals surface area contributed by atoms with Crippen molar-refractivity contribution < 1.29 is 14.3 Å². The van der Waals surface area contributed by atoms with Crippen molar-refractivity contribution in [2.24, 2.45) is 5.73 Å². The number of amides is 2. The van der Waals surface area contributed by atoms with Gasteiger partial charge in [0, 0.05) is 43.0 Å². The summed E-state index contributed by atoms with van der Waals surface area (Å²) >= 11 is 0. The Labute approximate surface area is 157 Å². The van der Waals surface area contributed by atoms with Crippen molar-refractivity contribution in [3.8, 4) is 5.75 Å². The van der Waals surface area contributed by atoms with Gasteiger partial charge in [-0.1, -0.05) is 0 Å². The zero-order valence-electron chi connectivity index (χ0n) is 14.4. The Kier molecular flexibility index (Phi) is 6.54. The molecule has 8 heteroatoms. The van der Waals surface area contributed by atoms with Crippen molar-refractivity contribution in [2.45, 2.75) is 19.4 Å². The fourth-order valence-electron chi connectivity index (χ4n) is 2.82. The third-order valence-electron chi connectivity index (χ3n) is 4.09. The first-order valence-electron chi connectivity index (χ1n) is 8.07. The highest BCUT2D eigenvalue weighted by atomic mass is 35.5. The SMILES string of the molecule is COc1cc(NC(=O)c2ccnc(CN)c2)ccc1N1CCCC1=O.Cl. The molecule has 1 saturated heterocycles. The molecular weight excluding hydrogens is 356 g/mol. The average molecular weight is 377 g/mol. The monoisotopic (exact) mass is 376 g/mol. The quantitative estimate of drug-likeness (QED) is 0.834. The van der Waals surface area contributed by atoms with Gasteiger partial charge < -0.3 is 20.7 Å². The molecule has 7 nitrogen and oxygen atoms in total. The van der Waals surface area contributed by atoms with Crippen molar-refractivity contribution >= 4 is 35.6 Å². The summed E-state index contributed by atoms with van der Waals surface area (Å²) in [5.74, 6) is 0.371. The van der Waals surface area contributed by atoms with Crippen LogP contribution in [0.25, 0.3) is 0 Å². The molecule has 0 atom stereocenters. The van der Waals surface area contributed by atoms with E-state index in [9.17, 15) is 9.59 Å². The molecule has 0 aliphatic carbocycles. The number of carbonyl (C=O) groups is 2. The van der Waals surface area contributed by atoms with E-state index in [-0.39, 0.29) is 30.8 Å². The van der Waals surface area contributed by atoms with Crippen LogP contribution in [0.4, 0.5) is 11.4 Å². The van der Waals surface area contributed by atoms with Gasteiger partial charge in [-0.25, -0.2) is 0 Å². The van der Waals surface area contributed by atoms with Crippen molar-refractivity contribution in [2.75, 3.05) is 23.9 Å². The molecule has 1 aromatic carbocycles. The maximum absolute atomic E-state index is 12.4. The number of carbonyl (C=O) groups excluding carboxylic acids is 2. The standard InChI is InChI=1S/C18H20N4O3.ClH/c1-25-16-10-13(4-5-15(16)22-8-2-3-17(22)23)21-18(24)12-6-7-20-14(9-12)11-19;/h4-7,9-10H,2-3,8,11,19H2,1H3,(H,21,24);1H. The number of anilines is 2. The summed E-state index contributed by atoms with van der Waals surface area (Å²) in [6, 6.07) is 8.54. The number of halogens is 1. The van der Waals surface area contributed by atoms with Gasteiger partial charge in [-0.05, 0) is 30.7 Å². The maximum Gasteiger partial charge on any atom is 0.255 e. The van der Waals surface area contributed by atoms with E-state index in [1.165, 1.54) is 0 Å². The largest absolute Gasteiger partial charge is 0.494 e. The van der Waals surface area contributed by atoms with Gasteiger partial charge in [0.2, 0.25) is 5.91 Å². The molecule has 1 fully saturated rings. The number of pyridine rings is 1. The predicted octanol–water partition coefficient (Wildman–Crippen LogP) is 2.35. The highest BCUT2D eigenvalue weighted by Gasteiger charge is 2.24. The molecule has 1 aliphatic rings. The molecule has 2 amide bonds. The predicted molar refractivity (Wildman–Crippen MR) is 102 cm³/mol. The van der Waals surface area contributed by atoms with E-state index in [1.807, 2.05) is 0 Å². The molecule has 1 aromatic heterocycles. The molecule has 3 N–H and O–H groups in total. The van der Waals surface area contributed by atoms with Crippen LogP contribution < -0.4 is 20.7 Å². The molecule has 0 unspecified atom stereocenters. The Morgan fingerprint density at radius 2 is 2.15 bits per heavy atom. The summed E-state index contributed by atoms with van der Waals surface area (Å²) in [5.41, 5.74) is 7.99. The van der Waals surface area contributed by atoms with Crippen molar-refractivity contribution in [1.82, 2.24) is 4.98 Å². The Morgan fingerprint density at radius 1 is 1.35 bits per heavy atom. The van der Waals surface area contributed by atoms with E-state index in [0.717, 1.165) is 12.1 Å². The normalized spacial score (nSPS) is 13.3. The summed E-state index contributed by atoms with van der Waals surface area (Å²) in [4.78, 5) is 30.1. The lowest BCUT2D eigenvalue weighted by molar-refractivity contribution is -0.117. The highest BCUT2D eigenvalue weighted by Crippen LogP contribution is 2.33. The fraction of sp³-hybridized carbons (Fsp3) is 0.278. The topological polar surface area (TPSA) is 97.5 Å². The van der Waals surface area contributed by atoms with Gasteiger partial charge >= 0.3 is 0 Å². The number of nitrogens with two attached hydrogens (primary N) is 1. The minimum atomic E-state index is -0.260. The first-order valence-corrected chi connectivity index (χ1v) is 8.07. The van der Waals surface area contributed by atoms with Gasteiger partial charge in [-0.15, -0.1) is 12.4 Å². The Morgan fingerprint density at radius 3 is 2.81 bits per heavy atom. The smallest absolute Gasteiger partial charge is 0.255 e. The fourth-order valence-corrected chi connectivity index (χ4v) is 2.82. The lowest BCUT2D eigenvalue weighted by Crippen LogP contribution is -2.24. The number of aromatic nitrogens is 1. The summed E-state index contributed by atoms with van der Waals surface area (Å²) in [7, 11) is 1.54. The van der Waals surface area contributed by atoms with Gasteiger partial charge in [-0.3, -0.25) is 14.6 Å². The third kappa shape index (κ3) is 4.12. The van der Waals surface area contributed by atoms with E-state index in [0.29, 0.717) is 35.7 Å². The van der Waals surface area contributed by atoms with Crippen LogP contribution >= 0.6 is 12.4 Å². The maximum atomic E-state index is 12.4. The van der Waals surface area contributed by atoms with Crippen LogP contribution in [-0.4, -0.2) is 30.5 Å². The zero-order chi connectivity index (χ0) is 17.8. The molecule has 2 aromatic rings. The molecule has 1 aliphatic heterocycles. The summed E-state index contributed by atoms with van der Waals surface area (Å²) < 4.78 is 5.40. The molecule has 3 rings (SSSR count).